The second-order valence-electron chi connectivity index (χ2n) is 8.91. The van der Waals surface area contributed by atoms with Gasteiger partial charge in [0.15, 0.2) is 5.78 Å². The number of fused-ring (bicyclic) bond motifs is 1. The van der Waals surface area contributed by atoms with Crippen molar-refractivity contribution in [1.82, 2.24) is 4.90 Å². The SMILES string of the molecule is CC(C)(CCN1C(=O)c2ccccc2C1=O)CC(=O)c1ccc(-c2ccc(Cl)cc2)cc1. The smallest absolute Gasteiger partial charge is 0.261 e. The van der Waals surface area contributed by atoms with Crippen molar-refractivity contribution in [3.63, 3.8) is 0 Å². The Bertz CT molecular complexity index is 1150. The van der Waals surface area contributed by atoms with Crippen molar-refractivity contribution < 1.29 is 14.4 Å². The Kier molecular flexibility index (Phi) is 5.98. The average molecular weight is 446 g/mol. The van der Waals surface area contributed by atoms with E-state index in [4.69, 9.17) is 11.6 Å². The van der Waals surface area contributed by atoms with Gasteiger partial charge >= 0.3 is 0 Å². The standard InChI is InChI=1S/C27H24ClNO3/c1-27(2,15-16-29-25(31)22-5-3-4-6-23(22)26(29)32)17-24(30)20-9-7-18(8-10-20)19-11-13-21(28)14-12-19/h3-14H,15-17H2,1-2H3. The first-order valence-corrected chi connectivity index (χ1v) is 11.0. The van der Waals surface area contributed by atoms with Crippen LogP contribution in [0.2, 0.25) is 5.02 Å². The molecule has 1 aliphatic rings. The largest absolute Gasteiger partial charge is 0.294 e. The number of carbonyl (C=O) groups is 3. The van der Waals surface area contributed by atoms with E-state index >= 15 is 0 Å². The topological polar surface area (TPSA) is 54.5 Å². The van der Waals surface area contributed by atoms with Crippen molar-refractivity contribution in [2.24, 2.45) is 5.41 Å². The minimum atomic E-state index is -0.360. The zero-order valence-corrected chi connectivity index (χ0v) is 18.9. The van der Waals surface area contributed by atoms with E-state index in [1.165, 1.54) is 4.90 Å². The number of amides is 2. The van der Waals surface area contributed by atoms with Crippen LogP contribution in [0, 0.1) is 5.41 Å². The Labute approximate surface area is 192 Å². The molecule has 0 saturated carbocycles. The molecule has 0 unspecified atom stereocenters. The van der Waals surface area contributed by atoms with Gasteiger partial charge in [-0.15, -0.1) is 0 Å². The molecule has 2 amide bonds. The van der Waals surface area contributed by atoms with Gasteiger partial charge in [-0.1, -0.05) is 74.0 Å². The fraction of sp³-hybridized carbons (Fsp3) is 0.222. The van der Waals surface area contributed by atoms with Crippen LogP contribution in [0.4, 0.5) is 0 Å². The Balaban J connectivity index is 1.38. The molecular weight excluding hydrogens is 422 g/mol. The van der Waals surface area contributed by atoms with Crippen LogP contribution in [-0.2, 0) is 0 Å². The number of benzene rings is 3. The Hall–Kier alpha value is -3.24. The van der Waals surface area contributed by atoms with Gasteiger partial charge in [0, 0.05) is 23.6 Å². The number of Topliss-reactive ketones (excluding diaryl/α,β-unsaturated/α-hetero) is 1. The van der Waals surface area contributed by atoms with Crippen LogP contribution in [0.5, 0.6) is 0 Å². The Morgan fingerprint density at radius 1 is 0.812 bits per heavy atom. The van der Waals surface area contributed by atoms with Gasteiger partial charge in [0.2, 0.25) is 0 Å². The predicted octanol–water partition coefficient (Wildman–Crippen LogP) is 6.29. The monoisotopic (exact) mass is 445 g/mol. The number of nitrogens with zero attached hydrogens (tertiary/aromatic N) is 1. The molecule has 5 heteroatoms. The highest BCUT2D eigenvalue weighted by Crippen LogP contribution is 2.30. The van der Waals surface area contributed by atoms with Crippen LogP contribution >= 0.6 is 11.6 Å². The highest BCUT2D eigenvalue weighted by molar-refractivity contribution is 6.30. The summed E-state index contributed by atoms with van der Waals surface area (Å²) in [6.45, 7) is 4.28. The van der Waals surface area contributed by atoms with Crippen LogP contribution in [0.15, 0.2) is 72.8 Å². The summed E-state index contributed by atoms with van der Waals surface area (Å²) in [5.74, 6) is -0.476. The Morgan fingerprint density at radius 3 is 1.84 bits per heavy atom. The minimum Gasteiger partial charge on any atom is -0.294 e. The lowest BCUT2D eigenvalue weighted by Crippen LogP contribution is -2.33. The summed E-state index contributed by atoms with van der Waals surface area (Å²) in [5.41, 5.74) is 3.25. The summed E-state index contributed by atoms with van der Waals surface area (Å²) in [4.78, 5) is 39.3. The zero-order valence-electron chi connectivity index (χ0n) is 18.1. The summed E-state index contributed by atoms with van der Waals surface area (Å²) in [6.07, 6.45) is 0.878. The fourth-order valence-corrected chi connectivity index (χ4v) is 4.10. The van der Waals surface area contributed by atoms with E-state index in [1.807, 2.05) is 62.4 Å². The number of imide groups is 1. The molecule has 4 nitrogen and oxygen atoms in total. The van der Waals surface area contributed by atoms with E-state index < -0.39 is 0 Å². The first-order valence-electron chi connectivity index (χ1n) is 10.6. The molecule has 0 saturated heterocycles. The summed E-state index contributed by atoms with van der Waals surface area (Å²) in [6, 6.07) is 22.0. The number of carbonyl (C=O) groups excluding carboxylic acids is 3. The molecular formula is C27H24ClNO3. The molecule has 0 bridgehead atoms. The third kappa shape index (κ3) is 4.51. The van der Waals surface area contributed by atoms with Gasteiger partial charge in [0.25, 0.3) is 11.8 Å². The maximum absolute atomic E-state index is 12.9. The Morgan fingerprint density at radius 2 is 1.31 bits per heavy atom. The molecule has 1 heterocycles. The molecule has 0 aliphatic carbocycles. The highest BCUT2D eigenvalue weighted by Gasteiger charge is 2.36. The highest BCUT2D eigenvalue weighted by atomic mass is 35.5. The fourth-order valence-electron chi connectivity index (χ4n) is 3.97. The van der Waals surface area contributed by atoms with Crippen molar-refractivity contribution in [3.8, 4) is 11.1 Å². The molecule has 0 spiro atoms. The van der Waals surface area contributed by atoms with Gasteiger partial charge in [0.05, 0.1) is 11.1 Å². The summed E-state index contributed by atoms with van der Waals surface area (Å²) in [5, 5.41) is 0.684. The van der Waals surface area contributed by atoms with Crippen molar-refractivity contribution >= 4 is 29.2 Å². The first-order chi connectivity index (χ1) is 15.2. The lowest BCUT2D eigenvalue weighted by molar-refractivity contribution is 0.0633. The predicted molar refractivity (Wildman–Crippen MR) is 126 cm³/mol. The second kappa shape index (κ2) is 8.71. The molecule has 1 aliphatic heterocycles. The minimum absolute atomic E-state index is 0.0417. The van der Waals surface area contributed by atoms with E-state index in [2.05, 4.69) is 0 Å². The van der Waals surface area contributed by atoms with Crippen molar-refractivity contribution in [2.45, 2.75) is 26.7 Å². The second-order valence-corrected chi connectivity index (χ2v) is 9.34. The van der Waals surface area contributed by atoms with Gasteiger partial charge in [-0.3, -0.25) is 19.3 Å². The van der Waals surface area contributed by atoms with Crippen LogP contribution < -0.4 is 0 Å². The maximum Gasteiger partial charge on any atom is 0.261 e. The van der Waals surface area contributed by atoms with Gasteiger partial charge in [-0.2, -0.15) is 0 Å². The van der Waals surface area contributed by atoms with Crippen LogP contribution in [0.3, 0.4) is 0 Å². The maximum atomic E-state index is 12.9. The summed E-state index contributed by atoms with van der Waals surface area (Å²) < 4.78 is 0. The van der Waals surface area contributed by atoms with Gasteiger partial charge in [-0.05, 0) is 47.2 Å². The van der Waals surface area contributed by atoms with E-state index in [-0.39, 0.29) is 23.0 Å². The van der Waals surface area contributed by atoms with Crippen molar-refractivity contribution in [3.05, 3.63) is 94.5 Å². The van der Waals surface area contributed by atoms with Crippen molar-refractivity contribution in [2.75, 3.05) is 6.54 Å². The molecule has 0 radical (unpaired) electrons. The lowest BCUT2D eigenvalue weighted by atomic mass is 9.82. The third-order valence-electron chi connectivity index (χ3n) is 5.91. The number of halogens is 1. The number of hydrogen-bond donors (Lipinski definition) is 0. The molecule has 32 heavy (non-hydrogen) atoms. The van der Waals surface area contributed by atoms with Crippen LogP contribution in [0.25, 0.3) is 11.1 Å². The molecule has 162 valence electrons. The molecule has 0 atom stereocenters. The average Bonchev–Trinajstić information content (AvgIpc) is 3.03. The number of rotatable bonds is 7. The number of hydrogen-bond acceptors (Lipinski definition) is 3. The first kappa shape index (κ1) is 22.0. The van der Waals surface area contributed by atoms with E-state index in [1.54, 1.807) is 24.3 Å². The lowest BCUT2D eigenvalue weighted by Gasteiger charge is -2.26. The van der Waals surface area contributed by atoms with E-state index in [0.29, 0.717) is 41.1 Å². The normalized spacial score (nSPS) is 13.4. The third-order valence-corrected chi connectivity index (χ3v) is 6.17. The van der Waals surface area contributed by atoms with Gasteiger partial charge < -0.3 is 0 Å². The quantitative estimate of drug-likeness (QED) is 0.317. The molecule has 0 fully saturated rings. The number of ketones is 1. The molecule has 3 aromatic rings. The molecule has 3 aromatic carbocycles. The summed E-state index contributed by atoms with van der Waals surface area (Å²) >= 11 is 5.95. The van der Waals surface area contributed by atoms with Crippen molar-refractivity contribution in [1.29, 1.82) is 0 Å². The molecule has 0 aromatic heterocycles. The van der Waals surface area contributed by atoms with Crippen LogP contribution in [-0.4, -0.2) is 29.0 Å². The molecule has 4 rings (SSSR count). The van der Waals surface area contributed by atoms with E-state index in [0.717, 1.165) is 11.1 Å². The van der Waals surface area contributed by atoms with Gasteiger partial charge in [-0.25, -0.2) is 0 Å². The van der Waals surface area contributed by atoms with Gasteiger partial charge in [0.1, 0.15) is 0 Å². The summed E-state index contributed by atoms with van der Waals surface area (Å²) in [7, 11) is 0. The van der Waals surface area contributed by atoms with E-state index in [9.17, 15) is 14.4 Å². The van der Waals surface area contributed by atoms with Crippen LogP contribution in [0.1, 0.15) is 57.8 Å². The zero-order chi connectivity index (χ0) is 22.9. The molecule has 0 N–H and O–H groups in total.